The van der Waals surface area contributed by atoms with Crippen LogP contribution in [0.3, 0.4) is 0 Å². The Morgan fingerprint density at radius 2 is 1.87 bits per heavy atom. The number of nitrogens with zero attached hydrogens (tertiary/aromatic N) is 2. The summed E-state index contributed by atoms with van der Waals surface area (Å²) in [5, 5.41) is 22.7. The smallest absolute Gasteiger partial charge is 0.166 e. The molecule has 0 aliphatic carbocycles. The number of pyridine rings is 1. The fourth-order valence-corrected chi connectivity index (χ4v) is 3.52. The monoisotopic (exact) mass is 430 g/mol. The summed E-state index contributed by atoms with van der Waals surface area (Å²) in [5.41, 5.74) is 3.14. The van der Waals surface area contributed by atoms with Gasteiger partial charge in [0.1, 0.15) is 11.6 Å². The summed E-state index contributed by atoms with van der Waals surface area (Å²) in [6, 6.07) is 10.3. The number of aromatic nitrogens is 3. The molecular formula is C22H27FN4O2S. The normalized spacial score (nSPS) is 13.4. The van der Waals surface area contributed by atoms with E-state index in [1.807, 2.05) is 12.1 Å². The van der Waals surface area contributed by atoms with Crippen LogP contribution in [0.1, 0.15) is 20.8 Å². The molecule has 160 valence electrons. The third kappa shape index (κ3) is 5.59. The second kappa shape index (κ2) is 10.1. The number of rotatable bonds is 9. The molecule has 0 saturated carbocycles. The zero-order chi connectivity index (χ0) is 21.7. The molecule has 0 saturated heterocycles. The van der Waals surface area contributed by atoms with Gasteiger partial charge in [0.15, 0.2) is 5.16 Å². The van der Waals surface area contributed by atoms with E-state index in [2.05, 4.69) is 41.0 Å². The average molecular weight is 431 g/mol. The summed E-state index contributed by atoms with van der Waals surface area (Å²) in [6.45, 7) is 6.10. The van der Waals surface area contributed by atoms with Crippen molar-refractivity contribution >= 4 is 17.6 Å². The van der Waals surface area contributed by atoms with Gasteiger partial charge in [-0.05, 0) is 49.2 Å². The van der Waals surface area contributed by atoms with Gasteiger partial charge in [0.2, 0.25) is 0 Å². The third-order valence-electron chi connectivity index (χ3n) is 4.85. The summed E-state index contributed by atoms with van der Waals surface area (Å²) in [7, 11) is 0. The molecule has 0 aliphatic rings. The highest BCUT2D eigenvalue weighted by molar-refractivity contribution is 7.99. The van der Waals surface area contributed by atoms with Gasteiger partial charge in [0.25, 0.3) is 0 Å². The van der Waals surface area contributed by atoms with Gasteiger partial charge < -0.3 is 20.5 Å². The fraction of sp³-hybridized carbons (Fsp3) is 0.364. The molecule has 2 aromatic heterocycles. The molecule has 4 N–H and O–H groups in total. The van der Waals surface area contributed by atoms with Crippen LogP contribution >= 0.6 is 11.8 Å². The zero-order valence-electron chi connectivity index (χ0n) is 17.3. The maximum atomic E-state index is 13.4. The van der Waals surface area contributed by atoms with Crippen molar-refractivity contribution in [2.24, 2.45) is 5.92 Å². The minimum atomic E-state index is -0.827. The molecule has 6 nitrogen and oxygen atoms in total. The van der Waals surface area contributed by atoms with E-state index < -0.39 is 6.10 Å². The van der Waals surface area contributed by atoms with Crippen molar-refractivity contribution in [3.05, 3.63) is 48.4 Å². The van der Waals surface area contributed by atoms with E-state index in [0.29, 0.717) is 22.5 Å². The number of H-pyrrole nitrogens is 1. The van der Waals surface area contributed by atoms with Crippen molar-refractivity contribution in [3.63, 3.8) is 0 Å². The van der Waals surface area contributed by atoms with Crippen molar-refractivity contribution in [2.75, 3.05) is 17.7 Å². The van der Waals surface area contributed by atoms with Crippen molar-refractivity contribution in [2.45, 2.75) is 38.1 Å². The molecule has 1 aromatic carbocycles. The van der Waals surface area contributed by atoms with Crippen molar-refractivity contribution < 1.29 is 14.6 Å². The van der Waals surface area contributed by atoms with Crippen molar-refractivity contribution in [1.29, 1.82) is 0 Å². The van der Waals surface area contributed by atoms with E-state index in [0.717, 1.165) is 22.6 Å². The molecule has 2 unspecified atom stereocenters. The Morgan fingerprint density at radius 3 is 2.53 bits per heavy atom. The SMILES string of the molecule is CC(C)C(C)Nc1cc(-c2[nH]c(SCC(O)CO)nc2-c2ccc(F)cc2)ccn1. The molecule has 0 bridgehead atoms. The molecular weight excluding hydrogens is 403 g/mol. The Morgan fingerprint density at radius 1 is 1.13 bits per heavy atom. The second-order valence-corrected chi connectivity index (χ2v) is 8.54. The Labute approximate surface area is 180 Å². The van der Waals surface area contributed by atoms with Gasteiger partial charge in [0, 0.05) is 29.1 Å². The highest BCUT2D eigenvalue weighted by Crippen LogP contribution is 2.33. The summed E-state index contributed by atoms with van der Waals surface area (Å²) in [6.07, 6.45) is 0.912. The highest BCUT2D eigenvalue weighted by Gasteiger charge is 2.17. The predicted octanol–water partition coefficient (Wildman–Crippen LogP) is 4.18. The van der Waals surface area contributed by atoms with Gasteiger partial charge in [-0.3, -0.25) is 0 Å². The number of thioether (sulfide) groups is 1. The van der Waals surface area contributed by atoms with Crippen LogP contribution in [0.25, 0.3) is 22.5 Å². The number of benzene rings is 1. The predicted molar refractivity (Wildman–Crippen MR) is 119 cm³/mol. The Hall–Kier alpha value is -2.42. The maximum Gasteiger partial charge on any atom is 0.166 e. The molecule has 0 aliphatic heterocycles. The van der Waals surface area contributed by atoms with E-state index in [1.165, 1.54) is 23.9 Å². The summed E-state index contributed by atoms with van der Waals surface area (Å²) < 4.78 is 13.4. The average Bonchev–Trinajstić information content (AvgIpc) is 3.17. The number of nitrogens with one attached hydrogen (secondary N) is 2. The number of anilines is 1. The first kappa shape index (κ1) is 22.3. The molecule has 0 amide bonds. The number of imidazole rings is 1. The second-order valence-electron chi connectivity index (χ2n) is 7.53. The lowest BCUT2D eigenvalue weighted by atomic mass is 10.0. The first-order valence-electron chi connectivity index (χ1n) is 9.88. The van der Waals surface area contributed by atoms with Gasteiger partial charge in [-0.2, -0.15) is 0 Å². The lowest BCUT2D eigenvalue weighted by molar-refractivity contribution is 0.113. The quantitative estimate of drug-likeness (QED) is 0.381. The van der Waals surface area contributed by atoms with Gasteiger partial charge in [0.05, 0.1) is 24.1 Å². The first-order chi connectivity index (χ1) is 14.4. The molecule has 2 atom stereocenters. The van der Waals surface area contributed by atoms with Gasteiger partial charge in [-0.15, -0.1) is 0 Å². The lowest BCUT2D eigenvalue weighted by Gasteiger charge is -2.18. The first-order valence-corrected chi connectivity index (χ1v) is 10.9. The zero-order valence-corrected chi connectivity index (χ0v) is 18.1. The van der Waals surface area contributed by atoms with Crippen LogP contribution < -0.4 is 5.32 Å². The van der Waals surface area contributed by atoms with Gasteiger partial charge in [-0.25, -0.2) is 14.4 Å². The summed E-state index contributed by atoms with van der Waals surface area (Å²) in [4.78, 5) is 12.4. The largest absolute Gasteiger partial charge is 0.394 e. The standard InChI is InChI=1S/C22H27FN4O2S/c1-13(2)14(3)25-19-10-16(8-9-24-19)21-20(15-4-6-17(23)7-5-15)26-22(27-21)30-12-18(29)11-28/h4-10,13-14,18,28-29H,11-12H2,1-3H3,(H,24,25)(H,26,27). The van der Waals surface area contributed by atoms with Crippen LogP contribution in [-0.2, 0) is 0 Å². The van der Waals surface area contributed by atoms with Crippen LogP contribution in [0.5, 0.6) is 0 Å². The van der Waals surface area contributed by atoms with Crippen molar-refractivity contribution in [1.82, 2.24) is 15.0 Å². The van der Waals surface area contributed by atoms with Crippen LogP contribution in [0.2, 0.25) is 0 Å². The lowest BCUT2D eigenvalue weighted by Crippen LogP contribution is -2.22. The Balaban J connectivity index is 1.97. The van der Waals surface area contributed by atoms with Crippen molar-refractivity contribution in [3.8, 4) is 22.5 Å². The van der Waals surface area contributed by atoms with Crippen LogP contribution in [0.15, 0.2) is 47.8 Å². The van der Waals surface area contributed by atoms with E-state index in [9.17, 15) is 9.50 Å². The number of halogens is 1. The fourth-order valence-electron chi connectivity index (χ4n) is 2.74. The molecule has 30 heavy (non-hydrogen) atoms. The van der Waals surface area contributed by atoms with Crippen LogP contribution in [-0.4, -0.2) is 49.7 Å². The topological polar surface area (TPSA) is 94.1 Å². The van der Waals surface area contributed by atoms with E-state index in [4.69, 9.17) is 5.11 Å². The van der Waals surface area contributed by atoms with Gasteiger partial charge in [-0.1, -0.05) is 25.6 Å². The number of hydrogen-bond donors (Lipinski definition) is 4. The number of hydrogen-bond acceptors (Lipinski definition) is 6. The minimum Gasteiger partial charge on any atom is -0.394 e. The maximum absolute atomic E-state index is 13.4. The van der Waals surface area contributed by atoms with Crippen LogP contribution in [0, 0.1) is 11.7 Å². The number of aromatic amines is 1. The molecule has 3 rings (SSSR count). The highest BCUT2D eigenvalue weighted by atomic mass is 32.2. The molecule has 0 spiro atoms. The molecule has 2 heterocycles. The van der Waals surface area contributed by atoms with Gasteiger partial charge >= 0.3 is 0 Å². The molecule has 0 radical (unpaired) electrons. The van der Waals surface area contributed by atoms with E-state index in [-0.39, 0.29) is 18.5 Å². The number of aliphatic hydroxyl groups is 2. The van der Waals surface area contributed by atoms with E-state index >= 15 is 0 Å². The Kier molecular flexibility index (Phi) is 7.47. The third-order valence-corrected chi connectivity index (χ3v) is 5.87. The minimum absolute atomic E-state index is 0.261. The number of aliphatic hydroxyl groups excluding tert-OH is 2. The molecule has 3 aromatic rings. The molecule has 8 heteroatoms. The summed E-state index contributed by atoms with van der Waals surface area (Å²) in [5.74, 6) is 1.22. The van der Waals surface area contributed by atoms with Crippen LogP contribution in [0.4, 0.5) is 10.2 Å². The summed E-state index contributed by atoms with van der Waals surface area (Å²) >= 11 is 1.32. The Bertz CT molecular complexity index is 962. The molecule has 0 fully saturated rings. The van der Waals surface area contributed by atoms with E-state index in [1.54, 1.807) is 18.3 Å².